The Labute approximate surface area is 216 Å². The van der Waals surface area contributed by atoms with Crippen LogP contribution in [0, 0.1) is 0 Å². The number of halogens is 21. The van der Waals surface area contributed by atoms with E-state index >= 15 is 0 Å². The molecule has 0 radical (unpaired) electrons. The molecule has 0 spiro atoms. The molecule has 0 fully saturated rings. The number of alkyl halides is 21. The van der Waals surface area contributed by atoms with Crippen molar-refractivity contribution in [3.8, 4) is 0 Å². The molecule has 24 heteroatoms. The molecule has 2 nitrogen and oxygen atoms in total. The molecule has 0 saturated carbocycles. The average molecular weight is 670 g/mol. The van der Waals surface area contributed by atoms with Gasteiger partial charge < -0.3 is 10.6 Å². The van der Waals surface area contributed by atoms with Crippen molar-refractivity contribution in [1.82, 2.24) is 5.32 Å². The molecule has 238 valence electrons. The average Bonchev–Trinajstić information content (AvgIpc) is 2.74. The zero-order chi connectivity index (χ0) is 33.1. The highest BCUT2D eigenvalue weighted by molar-refractivity contribution is 7.80. The zero-order valence-corrected chi connectivity index (χ0v) is 19.1. The van der Waals surface area contributed by atoms with Gasteiger partial charge in [-0.05, 0) is 30.4 Å². The van der Waals surface area contributed by atoms with Gasteiger partial charge in [0, 0.05) is 5.69 Å². The number of hydrogen-bond donors (Lipinski definition) is 2. The number of nitrogens with one attached hydrogen (secondary N) is 2. The summed E-state index contributed by atoms with van der Waals surface area (Å²) in [5.41, 5.74) is -5.49. The molecule has 0 heterocycles. The predicted octanol–water partition coefficient (Wildman–Crippen LogP) is 8.38. The van der Waals surface area contributed by atoms with Gasteiger partial charge in [0.15, 0.2) is 5.11 Å². The third-order valence-electron chi connectivity index (χ3n) is 4.71. The van der Waals surface area contributed by atoms with Crippen molar-refractivity contribution in [2.24, 2.45) is 0 Å². The second kappa shape index (κ2) is 10.3. The van der Waals surface area contributed by atoms with Crippen LogP contribution in [0.4, 0.5) is 97.9 Å². The van der Waals surface area contributed by atoms with Crippen LogP contribution in [-0.4, -0.2) is 53.4 Å². The summed E-state index contributed by atoms with van der Waals surface area (Å²) >= 11 is 4.07. The molecule has 41 heavy (non-hydrogen) atoms. The summed E-state index contributed by atoms with van der Waals surface area (Å²) in [7, 11) is 0. The molecule has 0 aliphatic heterocycles. The molecule has 0 aliphatic rings. The lowest BCUT2D eigenvalue weighted by Crippen LogP contribution is -2.73. The van der Waals surface area contributed by atoms with Crippen molar-refractivity contribution in [2.75, 3.05) is 11.9 Å². The van der Waals surface area contributed by atoms with Gasteiger partial charge in [0.05, 0.1) is 17.7 Å². The summed E-state index contributed by atoms with van der Waals surface area (Å²) in [5, 5.41) is 0.316. The van der Waals surface area contributed by atoms with E-state index in [1.165, 1.54) is 5.32 Å². The van der Waals surface area contributed by atoms with Crippen molar-refractivity contribution in [2.45, 2.75) is 54.1 Å². The molecule has 0 amide bonds. The maximum Gasteiger partial charge on any atom is 0.460 e. The molecule has 1 aromatic carbocycles. The lowest BCUT2D eigenvalue weighted by atomic mass is 9.91. The van der Waals surface area contributed by atoms with Gasteiger partial charge in [0.2, 0.25) is 0 Å². The van der Waals surface area contributed by atoms with Crippen LogP contribution >= 0.6 is 12.2 Å². The second-order valence-electron chi connectivity index (χ2n) is 7.68. The van der Waals surface area contributed by atoms with Crippen LogP contribution in [-0.2, 0) is 12.4 Å². The molecular weight excluding hydrogens is 663 g/mol. The third kappa shape index (κ3) is 6.44. The van der Waals surface area contributed by atoms with E-state index in [9.17, 15) is 92.2 Å². The Bertz CT molecular complexity index is 1080. The van der Waals surface area contributed by atoms with E-state index in [2.05, 4.69) is 12.2 Å². The predicted molar refractivity (Wildman–Crippen MR) is 96.4 cm³/mol. The summed E-state index contributed by atoms with van der Waals surface area (Å²) in [4.78, 5) is 0. The number of rotatable bonds is 8. The first-order chi connectivity index (χ1) is 17.7. The van der Waals surface area contributed by atoms with Crippen LogP contribution in [0.25, 0.3) is 0 Å². The van der Waals surface area contributed by atoms with Gasteiger partial charge in [-0.1, -0.05) is 0 Å². The van der Waals surface area contributed by atoms with Crippen LogP contribution in [0.2, 0.25) is 0 Å². The quantitative estimate of drug-likeness (QED) is 0.215. The molecule has 0 bridgehead atoms. The highest BCUT2D eigenvalue weighted by atomic mass is 32.1. The molecule has 1 rings (SSSR count). The van der Waals surface area contributed by atoms with Crippen LogP contribution < -0.4 is 10.6 Å². The Morgan fingerprint density at radius 3 is 1.20 bits per heavy atom. The normalized spacial score (nSPS) is 15.1. The topological polar surface area (TPSA) is 24.1 Å². The lowest BCUT2D eigenvalue weighted by Gasteiger charge is -2.41. The van der Waals surface area contributed by atoms with E-state index in [1.54, 1.807) is 0 Å². The van der Waals surface area contributed by atoms with Gasteiger partial charge in [-0.25, -0.2) is 0 Å². The molecule has 0 aromatic heterocycles. The Morgan fingerprint density at radius 2 is 0.854 bits per heavy atom. The van der Waals surface area contributed by atoms with Crippen LogP contribution in [0.1, 0.15) is 11.1 Å². The van der Waals surface area contributed by atoms with E-state index in [0.29, 0.717) is 0 Å². The summed E-state index contributed by atoms with van der Waals surface area (Å²) in [6.45, 7) is -3.20. The lowest BCUT2D eigenvalue weighted by molar-refractivity contribution is -0.451. The van der Waals surface area contributed by atoms with Gasteiger partial charge >= 0.3 is 54.1 Å². The summed E-state index contributed by atoms with van der Waals surface area (Å²) in [6.07, 6.45) is -18.8. The first kappa shape index (κ1) is 36.5. The van der Waals surface area contributed by atoms with Crippen molar-refractivity contribution < 1.29 is 92.2 Å². The summed E-state index contributed by atoms with van der Waals surface area (Å²) in [6, 6.07) is -0.808. The molecule has 1 aromatic rings. The Balaban J connectivity index is 3.32. The number of thiocarbonyl (C=S) groups is 1. The summed E-state index contributed by atoms with van der Waals surface area (Å²) < 4.78 is 274. The SMILES string of the molecule is FC(F)(F)c1cc(NC(=S)NCC(F)(F)C(F)(F)C(F)(F)C(F)(F)C(F)(F)C(F)(F)C(F)(F)F)cc(C(F)(F)F)c1. The molecule has 2 N–H and O–H groups in total. The van der Waals surface area contributed by atoms with Gasteiger partial charge in [-0.15, -0.1) is 0 Å². The Hall–Kier alpha value is -2.56. The molecule has 0 aliphatic carbocycles. The number of anilines is 1. The maximum absolute atomic E-state index is 13.8. The maximum atomic E-state index is 13.8. The van der Waals surface area contributed by atoms with E-state index < -0.39 is 88.6 Å². The fourth-order valence-corrected chi connectivity index (χ4v) is 2.69. The first-order valence-electron chi connectivity index (χ1n) is 9.36. The summed E-state index contributed by atoms with van der Waals surface area (Å²) in [5.74, 6) is -48.3. The van der Waals surface area contributed by atoms with Crippen LogP contribution in [0.15, 0.2) is 18.2 Å². The van der Waals surface area contributed by atoms with E-state index in [1.807, 2.05) is 0 Å². The van der Waals surface area contributed by atoms with Gasteiger partial charge in [0.1, 0.15) is 0 Å². The minimum Gasteiger partial charge on any atom is -0.356 e. The van der Waals surface area contributed by atoms with E-state index in [0.717, 1.165) is 5.32 Å². The van der Waals surface area contributed by atoms with Crippen molar-refractivity contribution >= 4 is 23.0 Å². The van der Waals surface area contributed by atoms with Gasteiger partial charge in [-0.3, -0.25) is 0 Å². The zero-order valence-electron chi connectivity index (χ0n) is 18.3. The monoisotopic (exact) mass is 670 g/mol. The van der Waals surface area contributed by atoms with Gasteiger partial charge in [-0.2, -0.15) is 92.2 Å². The fourth-order valence-electron chi connectivity index (χ4n) is 2.50. The highest BCUT2D eigenvalue weighted by Crippen LogP contribution is 2.62. The number of benzene rings is 1. The fraction of sp³-hybridized carbons (Fsp3) is 0.588. The van der Waals surface area contributed by atoms with Crippen molar-refractivity contribution in [1.29, 1.82) is 0 Å². The van der Waals surface area contributed by atoms with E-state index in [-0.39, 0.29) is 12.1 Å². The Morgan fingerprint density at radius 1 is 0.512 bits per heavy atom. The first-order valence-corrected chi connectivity index (χ1v) is 9.77. The largest absolute Gasteiger partial charge is 0.460 e. The van der Waals surface area contributed by atoms with Gasteiger partial charge in [0.25, 0.3) is 0 Å². The third-order valence-corrected chi connectivity index (χ3v) is 4.96. The standard InChI is InChI=1S/C17H7F21N2S/c18-9(19,12(26,27)13(28,29)14(30,31)15(32,33)16(34,35)17(36,37)38)4-39-8(41)40-7-2-5(10(20,21)22)1-6(3-7)11(23,24)25/h1-3H,4H2,(H2,39,40,41). The Kier molecular flexibility index (Phi) is 9.17. The second-order valence-corrected chi connectivity index (χ2v) is 8.08. The van der Waals surface area contributed by atoms with Crippen LogP contribution in [0.3, 0.4) is 0 Å². The highest BCUT2D eigenvalue weighted by Gasteiger charge is 2.93. The molecular formula is C17H7F21N2S. The minimum atomic E-state index is -8.54. The smallest absolute Gasteiger partial charge is 0.356 e. The van der Waals surface area contributed by atoms with E-state index in [4.69, 9.17) is 0 Å². The molecule has 0 saturated heterocycles. The minimum absolute atomic E-state index is 0.173. The molecule has 0 atom stereocenters. The van der Waals surface area contributed by atoms with Crippen molar-refractivity contribution in [3.63, 3.8) is 0 Å². The number of hydrogen-bond acceptors (Lipinski definition) is 1. The van der Waals surface area contributed by atoms with Crippen molar-refractivity contribution in [3.05, 3.63) is 29.3 Å². The van der Waals surface area contributed by atoms with Crippen LogP contribution in [0.5, 0.6) is 0 Å². The molecule has 0 unspecified atom stereocenters.